The van der Waals surface area contributed by atoms with E-state index in [1.165, 1.54) is 38.8 Å². The van der Waals surface area contributed by atoms with Crippen LogP contribution in [-0.2, 0) is 42.7 Å². The first-order chi connectivity index (χ1) is 30.3. The molecular weight excluding hydrogens is 976 g/mol. The molecule has 0 saturated heterocycles. The number of hydrogen-bond donors (Lipinski definition) is 0. The maximum atomic E-state index is 6.75. The Hall–Kier alpha value is -5.90. The van der Waals surface area contributed by atoms with Crippen molar-refractivity contribution in [2.45, 2.75) is 97.8 Å². The molecule has 0 saturated carbocycles. The van der Waals surface area contributed by atoms with E-state index in [1.807, 2.05) is 24.4 Å². The number of anilines is 2. The molecule has 1 aliphatic heterocycles. The van der Waals surface area contributed by atoms with Crippen LogP contribution in [0.25, 0.3) is 38.8 Å². The van der Waals surface area contributed by atoms with Crippen molar-refractivity contribution >= 4 is 33.2 Å². The van der Waals surface area contributed by atoms with Gasteiger partial charge >= 0.3 is 0 Å². The van der Waals surface area contributed by atoms with E-state index in [2.05, 4.69) is 237 Å². The molecule has 0 atom stereocenters. The maximum Gasteiger partial charge on any atom is 0.135 e. The number of nitrogens with zero attached hydrogens (tertiary/aromatic N) is 4. The quantitative estimate of drug-likeness (QED) is 0.142. The Labute approximate surface area is 401 Å². The van der Waals surface area contributed by atoms with Gasteiger partial charge in [0.05, 0.1) is 0 Å². The second-order valence-corrected chi connectivity index (χ2v) is 20.8. The van der Waals surface area contributed by atoms with Gasteiger partial charge in [-0.15, -0.1) is 48.1 Å². The summed E-state index contributed by atoms with van der Waals surface area (Å²) in [7, 11) is 0. The van der Waals surface area contributed by atoms with Crippen molar-refractivity contribution < 1.29 is 25.8 Å². The van der Waals surface area contributed by atoms with Crippen molar-refractivity contribution in [3.63, 3.8) is 0 Å². The molecule has 6 aromatic carbocycles. The summed E-state index contributed by atoms with van der Waals surface area (Å²) in [5.74, 6) is 2.06. The molecule has 65 heavy (non-hydrogen) atoms. The molecule has 0 aliphatic carbocycles. The molecule has 3 heterocycles. The minimum absolute atomic E-state index is 0. The molecule has 5 nitrogen and oxygen atoms in total. The van der Waals surface area contributed by atoms with E-state index >= 15 is 0 Å². The van der Waals surface area contributed by atoms with Gasteiger partial charge in [-0.1, -0.05) is 161 Å². The zero-order valence-electron chi connectivity index (χ0n) is 39.5. The molecule has 9 rings (SSSR count). The van der Waals surface area contributed by atoms with Gasteiger partial charge in [0.2, 0.25) is 0 Å². The molecule has 0 unspecified atom stereocenters. The summed E-state index contributed by atoms with van der Waals surface area (Å²) in [6.45, 7) is 27.1. The van der Waals surface area contributed by atoms with E-state index in [9.17, 15) is 0 Å². The Morgan fingerprint density at radius 3 is 1.89 bits per heavy atom. The van der Waals surface area contributed by atoms with Crippen LogP contribution < -0.4 is 14.5 Å². The minimum atomic E-state index is -0.363. The fourth-order valence-electron chi connectivity index (χ4n) is 8.65. The van der Waals surface area contributed by atoms with E-state index in [0.717, 1.165) is 39.3 Å². The summed E-state index contributed by atoms with van der Waals surface area (Å²) in [4.78, 5) is 9.45. The van der Waals surface area contributed by atoms with Crippen molar-refractivity contribution in [2.75, 3.05) is 9.80 Å². The molecule has 0 radical (unpaired) electrons. The second kappa shape index (κ2) is 17.1. The average Bonchev–Trinajstić information content (AvgIpc) is 3.87. The summed E-state index contributed by atoms with van der Waals surface area (Å²) < 4.78 is 8.98. The maximum absolute atomic E-state index is 6.75. The second-order valence-electron chi connectivity index (χ2n) is 20.8. The number of ether oxygens (including phenoxy) is 1. The number of hydrogen-bond acceptors (Lipinski definition) is 4. The first kappa shape index (κ1) is 45.7. The van der Waals surface area contributed by atoms with Crippen molar-refractivity contribution in [2.24, 2.45) is 0 Å². The zero-order chi connectivity index (χ0) is 45.2. The molecule has 0 fully saturated rings. The predicted molar refractivity (Wildman–Crippen MR) is 268 cm³/mol. The first-order valence-electron chi connectivity index (χ1n) is 22.4. The van der Waals surface area contributed by atoms with E-state index in [0.29, 0.717) is 11.5 Å². The van der Waals surface area contributed by atoms with Gasteiger partial charge < -0.3 is 19.1 Å². The van der Waals surface area contributed by atoms with E-state index in [-0.39, 0.29) is 42.7 Å². The molecule has 2 aromatic heterocycles. The number of pyridine rings is 1. The van der Waals surface area contributed by atoms with Gasteiger partial charge in [-0.25, -0.2) is 4.98 Å². The molecule has 6 heteroatoms. The topological polar surface area (TPSA) is 33.5 Å². The number of benzene rings is 6. The van der Waals surface area contributed by atoms with Gasteiger partial charge in [0.25, 0.3) is 0 Å². The van der Waals surface area contributed by atoms with Gasteiger partial charge in [0.15, 0.2) is 0 Å². The van der Waals surface area contributed by atoms with Crippen LogP contribution in [0.15, 0.2) is 158 Å². The molecule has 0 bridgehead atoms. The van der Waals surface area contributed by atoms with E-state index < -0.39 is 0 Å². The van der Waals surface area contributed by atoms with Gasteiger partial charge in [0.1, 0.15) is 5.82 Å². The molecule has 8 aromatic rings. The largest absolute Gasteiger partial charge is 0.509 e. The van der Waals surface area contributed by atoms with Crippen LogP contribution in [0.3, 0.4) is 0 Å². The van der Waals surface area contributed by atoms with Crippen LogP contribution >= 0.6 is 0 Å². The Morgan fingerprint density at radius 1 is 0.538 bits per heavy atom. The third-order valence-corrected chi connectivity index (χ3v) is 12.7. The summed E-state index contributed by atoms with van der Waals surface area (Å²) in [5.41, 5.74) is 12.0. The van der Waals surface area contributed by atoms with Crippen LogP contribution in [0.4, 0.5) is 11.4 Å². The smallest absolute Gasteiger partial charge is 0.135 e. The minimum Gasteiger partial charge on any atom is -0.509 e. The molecule has 0 N–H and O–H groups in total. The number of aromatic nitrogens is 2. The van der Waals surface area contributed by atoms with Crippen molar-refractivity contribution in [3.8, 4) is 28.4 Å². The van der Waals surface area contributed by atoms with Gasteiger partial charge in [-0.05, 0) is 91.5 Å². The van der Waals surface area contributed by atoms with Crippen LogP contribution in [-0.4, -0.2) is 9.55 Å². The molecule has 0 amide bonds. The standard InChI is InChI=1S/C59H59N4O.Pt/c1-56(2,3)43-25-28-52-51(34-43)50-27-26-49(37-53(50)63(52)55-35-44(29-30-60-55)57(4,5)6)64-48-24-18-23-46(36-48)62-39-61(38-54(62)59(10,11)42-21-16-13-17-22-42)47-32-41(40-19-14-12-15-20-40)31-45(33-47)58(7,8)9;/h12-35,38-39H,1-11H3;/q-3;. The molecular formula is C59H59N4OPt-3. The summed E-state index contributed by atoms with van der Waals surface area (Å²) >= 11 is 0. The van der Waals surface area contributed by atoms with Crippen molar-refractivity contribution in [3.05, 3.63) is 199 Å². The number of rotatable bonds is 8. The van der Waals surface area contributed by atoms with Crippen LogP contribution in [0.5, 0.6) is 11.5 Å². The van der Waals surface area contributed by atoms with Gasteiger partial charge in [0, 0.05) is 61.1 Å². The van der Waals surface area contributed by atoms with Gasteiger partial charge in [-0.2, -0.15) is 12.1 Å². The van der Waals surface area contributed by atoms with Crippen molar-refractivity contribution in [1.29, 1.82) is 0 Å². The monoisotopic (exact) mass is 1030 g/mol. The van der Waals surface area contributed by atoms with E-state index in [4.69, 9.17) is 9.72 Å². The predicted octanol–water partition coefficient (Wildman–Crippen LogP) is 15.4. The van der Waals surface area contributed by atoms with Crippen molar-refractivity contribution in [1.82, 2.24) is 9.55 Å². The van der Waals surface area contributed by atoms with Gasteiger partial charge in [-0.3, -0.25) is 0 Å². The first-order valence-corrected chi connectivity index (χ1v) is 22.4. The third kappa shape index (κ3) is 9.05. The van der Waals surface area contributed by atoms with Crippen LogP contribution in [0.1, 0.15) is 98.4 Å². The van der Waals surface area contributed by atoms with Crippen LogP contribution in [0, 0.1) is 18.8 Å². The average molecular weight is 1040 g/mol. The Morgan fingerprint density at radius 2 is 1.20 bits per heavy atom. The molecule has 1 aliphatic rings. The third-order valence-electron chi connectivity index (χ3n) is 12.7. The zero-order valence-corrected chi connectivity index (χ0v) is 41.8. The fraction of sp³-hybridized carbons (Fsp3) is 0.254. The summed E-state index contributed by atoms with van der Waals surface area (Å²) in [6.07, 6.45) is 4.19. The Kier molecular flexibility index (Phi) is 12.0. The summed E-state index contributed by atoms with van der Waals surface area (Å²) in [5, 5.41) is 2.27. The van der Waals surface area contributed by atoms with E-state index in [1.54, 1.807) is 0 Å². The fourth-order valence-corrected chi connectivity index (χ4v) is 8.65. The number of allylic oxidation sites excluding steroid dienone is 1. The summed E-state index contributed by atoms with van der Waals surface area (Å²) in [6, 6.07) is 57.1. The number of fused-ring (bicyclic) bond motifs is 3. The SMILES string of the molecule is CC(C)(C)c1cc(-c2ccccc2)cc(N2C=C(C(C)(C)c3ccccc3)N(c3[c-]c(Oc4[c-]c5c(cc4)c4cc(C(C)(C)C)ccc4n5-c4cc(C(C)(C)C)ccn4)ccc3)[CH-]2)c1.[Pt]. The molecule has 0 spiro atoms. The Balaban J connectivity index is 0.00000576. The molecule has 334 valence electrons. The normalized spacial score (nSPS) is 13.6. The van der Waals surface area contributed by atoms with Crippen LogP contribution in [0.2, 0.25) is 0 Å². The Bertz CT molecular complexity index is 3030.